The van der Waals surface area contributed by atoms with Crippen molar-refractivity contribution in [2.75, 3.05) is 0 Å². The standard InChI is InChI=1S/C15H9N3S/c1-2-4-11-10(3-1)5-6-17-14(11)12-8-19-13-7-16-9-18-15(12)13/h1-9H. The molecular formula is C15H9N3S. The van der Waals surface area contributed by atoms with Crippen LogP contribution in [0.1, 0.15) is 0 Å². The topological polar surface area (TPSA) is 38.7 Å². The van der Waals surface area contributed by atoms with Crippen molar-refractivity contribution >= 4 is 32.3 Å². The van der Waals surface area contributed by atoms with E-state index in [1.165, 1.54) is 5.39 Å². The molecule has 0 N–H and O–H groups in total. The summed E-state index contributed by atoms with van der Waals surface area (Å²) in [7, 11) is 0. The van der Waals surface area contributed by atoms with Crippen molar-refractivity contribution in [1.82, 2.24) is 15.0 Å². The first-order chi connectivity index (χ1) is 9.43. The molecule has 3 heterocycles. The summed E-state index contributed by atoms with van der Waals surface area (Å²) in [6, 6.07) is 10.3. The van der Waals surface area contributed by atoms with Crippen LogP contribution >= 0.6 is 11.3 Å². The molecule has 0 saturated heterocycles. The average Bonchev–Trinajstić information content (AvgIpc) is 2.90. The molecule has 0 amide bonds. The van der Waals surface area contributed by atoms with Gasteiger partial charge in [0.2, 0.25) is 0 Å². The van der Waals surface area contributed by atoms with Gasteiger partial charge in [-0.05, 0) is 11.5 Å². The lowest BCUT2D eigenvalue weighted by Gasteiger charge is -2.03. The summed E-state index contributed by atoms with van der Waals surface area (Å²) in [5.41, 5.74) is 3.05. The Labute approximate surface area is 113 Å². The maximum Gasteiger partial charge on any atom is 0.116 e. The summed E-state index contributed by atoms with van der Waals surface area (Å²) in [4.78, 5) is 13.0. The number of hydrogen-bond acceptors (Lipinski definition) is 4. The van der Waals surface area contributed by atoms with Crippen LogP contribution in [0.4, 0.5) is 0 Å². The quantitative estimate of drug-likeness (QED) is 0.522. The summed E-state index contributed by atoms with van der Waals surface area (Å²) in [6.07, 6.45) is 5.29. The third-order valence-electron chi connectivity index (χ3n) is 3.17. The Morgan fingerprint density at radius 1 is 1.00 bits per heavy atom. The van der Waals surface area contributed by atoms with Crippen LogP contribution in [0.25, 0.3) is 32.2 Å². The van der Waals surface area contributed by atoms with Crippen LogP contribution in [0.15, 0.2) is 54.4 Å². The number of rotatable bonds is 1. The van der Waals surface area contributed by atoms with Crippen molar-refractivity contribution in [2.45, 2.75) is 0 Å². The summed E-state index contributed by atoms with van der Waals surface area (Å²) >= 11 is 1.65. The number of hydrogen-bond donors (Lipinski definition) is 0. The summed E-state index contributed by atoms with van der Waals surface area (Å²) in [5.74, 6) is 0. The van der Waals surface area contributed by atoms with Crippen LogP contribution in [0.3, 0.4) is 0 Å². The molecule has 0 aliphatic rings. The van der Waals surface area contributed by atoms with Gasteiger partial charge >= 0.3 is 0 Å². The van der Waals surface area contributed by atoms with Gasteiger partial charge in [0.15, 0.2) is 0 Å². The molecule has 0 aliphatic carbocycles. The van der Waals surface area contributed by atoms with E-state index < -0.39 is 0 Å². The second kappa shape index (κ2) is 4.10. The number of fused-ring (bicyclic) bond motifs is 2. The first-order valence-corrected chi connectivity index (χ1v) is 6.83. The first-order valence-electron chi connectivity index (χ1n) is 5.95. The fourth-order valence-corrected chi connectivity index (χ4v) is 3.15. The maximum atomic E-state index is 4.55. The Bertz CT molecular complexity index is 877. The van der Waals surface area contributed by atoms with Crippen LogP contribution < -0.4 is 0 Å². The van der Waals surface area contributed by atoms with Gasteiger partial charge in [0.05, 0.1) is 15.9 Å². The minimum Gasteiger partial charge on any atom is -0.255 e. The van der Waals surface area contributed by atoms with Crippen LogP contribution in [0, 0.1) is 0 Å². The van der Waals surface area contributed by atoms with E-state index in [1.807, 2.05) is 30.6 Å². The van der Waals surface area contributed by atoms with Gasteiger partial charge < -0.3 is 0 Å². The number of aromatic nitrogens is 3. The average molecular weight is 263 g/mol. The van der Waals surface area contributed by atoms with Crippen LogP contribution in [0.2, 0.25) is 0 Å². The van der Waals surface area contributed by atoms with Crippen molar-refractivity contribution in [3.63, 3.8) is 0 Å². The molecule has 3 nitrogen and oxygen atoms in total. The number of nitrogens with zero attached hydrogens (tertiary/aromatic N) is 3. The van der Waals surface area contributed by atoms with Gasteiger partial charge in [-0.25, -0.2) is 9.97 Å². The molecule has 4 rings (SSSR count). The normalized spacial score (nSPS) is 11.2. The van der Waals surface area contributed by atoms with Crippen molar-refractivity contribution in [3.05, 3.63) is 54.4 Å². The van der Waals surface area contributed by atoms with E-state index in [-0.39, 0.29) is 0 Å². The van der Waals surface area contributed by atoms with E-state index in [2.05, 4.69) is 32.5 Å². The summed E-state index contributed by atoms with van der Waals surface area (Å²) in [5, 5.41) is 4.46. The molecule has 0 bridgehead atoms. The number of benzene rings is 1. The highest BCUT2D eigenvalue weighted by Crippen LogP contribution is 2.34. The molecule has 19 heavy (non-hydrogen) atoms. The van der Waals surface area contributed by atoms with Gasteiger partial charge in [-0.2, -0.15) is 0 Å². The highest BCUT2D eigenvalue weighted by Gasteiger charge is 2.11. The Hall–Kier alpha value is -2.33. The molecule has 0 saturated carbocycles. The minimum absolute atomic E-state index is 0.976. The predicted octanol–water partition coefficient (Wildman–Crippen LogP) is 3.91. The third-order valence-corrected chi connectivity index (χ3v) is 4.07. The van der Waals surface area contributed by atoms with E-state index in [1.54, 1.807) is 17.7 Å². The lowest BCUT2D eigenvalue weighted by molar-refractivity contribution is 1.23. The molecule has 1 aromatic carbocycles. The second-order valence-electron chi connectivity index (χ2n) is 4.27. The lowest BCUT2D eigenvalue weighted by atomic mass is 10.1. The van der Waals surface area contributed by atoms with Crippen molar-refractivity contribution < 1.29 is 0 Å². The fraction of sp³-hybridized carbons (Fsp3) is 0. The first kappa shape index (κ1) is 10.6. The molecule has 3 aromatic heterocycles. The third kappa shape index (κ3) is 1.61. The fourth-order valence-electron chi connectivity index (χ4n) is 2.29. The van der Waals surface area contributed by atoms with E-state index in [4.69, 9.17) is 0 Å². The molecule has 0 atom stereocenters. The van der Waals surface area contributed by atoms with E-state index in [9.17, 15) is 0 Å². The highest BCUT2D eigenvalue weighted by molar-refractivity contribution is 7.17. The lowest BCUT2D eigenvalue weighted by Crippen LogP contribution is -1.86. The van der Waals surface area contributed by atoms with Crippen LogP contribution in [-0.2, 0) is 0 Å². The molecule has 0 radical (unpaired) electrons. The zero-order valence-corrected chi connectivity index (χ0v) is 10.8. The van der Waals surface area contributed by atoms with Crippen molar-refractivity contribution in [3.8, 4) is 11.3 Å². The van der Waals surface area contributed by atoms with E-state index in [0.29, 0.717) is 0 Å². The van der Waals surface area contributed by atoms with Gasteiger partial charge in [-0.3, -0.25) is 4.98 Å². The molecule has 0 spiro atoms. The van der Waals surface area contributed by atoms with Gasteiger partial charge in [0.25, 0.3) is 0 Å². The minimum atomic E-state index is 0.976. The van der Waals surface area contributed by atoms with Crippen molar-refractivity contribution in [1.29, 1.82) is 0 Å². The van der Waals surface area contributed by atoms with Crippen LogP contribution in [0.5, 0.6) is 0 Å². The zero-order valence-electron chi connectivity index (χ0n) is 9.95. The number of thiophene rings is 1. The highest BCUT2D eigenvalue weighted by atomic mass is 32.1. The Morgan fingerprint density at radius 2 is 1.95 bits per heavy atom. The Morgan fingerprint density at radius 3 is 2.95 bits per heavy atom. The Balaban J connectivity index is 2.10. The predicted molar refractivity (Wildman–Crippen MR) is 78.2 cm³/mol. The zero-order chi connectivity index (χ0) is 12.7. The Kier molecular flexibility index (Phi) is 2.28. The molecule has 4 aromatic rings. The second-order valence-corrected chi connectivity index (χ2v) is 5.18. The molecule has 0 unspecified atom stereocenters. The largest absolute Gasteiger partial charge is 0.255 e. The van der Waals surface area contributed by atoms with Gasteiger partial charge in [-0.15, -0.1) is 11.3 Å². The SMILES string of the molecule is c1ccc2c(-c3csc4cncnc34)nccc2c1. The molecule has 0 fully saturated rings. The van der Waals surface area contributed by atoms with E-state index in [0.717, 1.165) is 26.9 Å². The molecule has 90 valence electrons. The maximum absolute atomic E-state index is 4.55. The van der Waals surface area contributed by atoms with E-state index >= 15 is 0 Å². The van der Waals surface area contributed by atoms with Gasteiger partial charge in [0.1, 0.15) is 6.33 Å². The van der Waals surface area contributed by atoms with Crippen molar-refractivity contribution in [2.24, 2.45) is 0 Å². The van der Waals surface area contributed by atoms with Crippen LogP contribution in [-0.4, -0.2) is 15.0 Å². The summed E-state index contributed by atoms with van der Waals surface area (Å²) < 4.78 is 1.09. The number of pyridine rings is 1. The molecular weight excluding hydrogens is 254 g/mol. The van der Waals surface area contributed by atoms with Gasteiger partial charge in [-0.1, -0.05) is 24.3 Å². The molecule has 0 aliphatic heterocycles. The van der Waals surface area contributed by atoms with Gasteiger partial charge in [0, 0.05) is 28.7 Å². The molecule has 4 heteroatoms. The smallest absolute Gasteiger partial charge is 0.116 e. The monoisotopic (exact) mass is 263 g/mol. The summed E-state index contributed by atoms with van der Waals surface area (Å²) in [6.45, 7) is 0.